The second-order valence-corrected chi connectivity index (χ2v) is 4.00. The molecule has 0 aliphatic carbocycles. The van der Waals surface area contributed by atoms with Crippen LogP contribution in [0.5, 0.6) is 0 Å². The molecule has 0 aliphatic heterocycles. The largest absolute Gasteiger partial charge is 0.396 e. The molecule has 1 heteroatoms. The highest BCUT2D eigenvalue weighted by Gasteiger charge is 2.01. The van der Waals surface area contributed by atoms with E-state index in [1.165, 1.54) is 12.0 Å². The lowest BCUT2D eigenvalue weighted by Gasteiger charge is -2.09. The monoisotopic (exact) mass is 192 g/mol. The van der Waals surface area contributed by atoms with E-state index in [-0.39, 0.29) is 0 Å². The van der Waals surface area contributed by atoms with E-state index in [9.17, 15) is 0 Å². The zero-order valence-corrected chi connectivity index (χ0v) is 8.95. The maximum absolute atomic E-state index is 8.70. The lowest BCUT2D eigenvalue weighted by Crippen LogP contribution is -1.98. The number of benzene rings is 1. The zero-order chi connectivity index (χ0) is 10.2. The first kappa shape index (κ1) is 11.3. The van der Waals surface area contributed by atoms with Crippen LogP contribution < -0.4 is 0 Å². The van der Waals surface area contributed by atoms with Gasteiger partial charge in [0.25, 0.3) is 0 Å². The van der Waals surface area contributed by atoms with Gasteiger partial charge in [-0.25, -0.2) is 0 Å². The van der Waals surface area contributed by atoms with Gasteiger partial charge in [-0.15, -0.1) is 0 Å². The Balaban J connectivity index is 2.20. The van der Waals surface area contributed by atoms with Crippen molar-refractivity contribution in [3.05, 3.63) is 35.9 Å². The van der Waals surface area contributed by atoms with Crippen LogP contribution in [0.2, 0.25) is 0 Å². The van der Waals surface area contributed by atoms with E-state index in [2.05, 4.69) is 37.3 Å². The van der Waals surface area contributed by atoms with Crippen molar-refractivity contribution in [2.75, 3.05) is 6.61 Å². The number of aliphatic hydroxyl groups excluding tert-OH is 1. The number of aryl methyl sites for hydroxylation is 1. The van der Waals surface area contributed by atoms with E-state index in [1.54, 1.807) is 0 Å². The van der Waals surface area contributed by atoms with E-state index in [4.69, 9.17) is 5.11 Å². The van der Waals surface area contributed by atoms with Crippen molar-refractivity contribution in [3.8, 4) is 0 Å². The Kier molecular flexibility index (Phi) is 5.31. The molecule has 0 saturated heterocycles. The van der Waals surface area contributed by atoms with Crippen molar-refractivity contribution in [1.29, 1.82) is 0 Å². The third kappa shape index (κ3) is 4.43. The van der Waals surface area contributed by atoms with E-state index >= 15 is 0 Å². The highest BCUT2D eigenvalue weighted by molar-refractivity contribution is 5.14. The Labute approximate surface area is 86.8 Å². The third-order valence-corrected chi connectivity index (χ3v) is 2.62. The van der Waals surface area contributed by atoms with Gasteiger partial charge >= 0.3 is 0 Å². The second-order valence-electron chi connectivity index (χ2n) is 4.00. The maximum Gasteiger partial charge on any atom is 0.0431 e. The molecule has 0 spiro atoms. The van der Waals surface area contributed by atoms with Gasteiger partial charge in [0, 0.05) is 6.61 Å². The molecule has 0 heterocycles. The predicted molar refractivity (Wildman–Crippen MR) is 60.2 cm³/mol. The molecule has 0 aliphatic rings. The molecular weight excluding hydrogens is 172 g/mol. The van der Waals surface area contributed by atoms with Gasteiger partial charge in [0.1, 0.15) is 0 Å². The number of aliphatic hydroxyl groups is 1. The van der Waals surface area contributed by atoms with Crippen molar-refractivity contribution in [2.24, 2.45) is 5.92 Å². The first-order valence-corrected chi connectivity index (χ1v) is 5.47. The molecule has 1 aromatic rings. The summed E-state index contributed by atoms with van der Waals surface area (Å²) < 4.78 is 0. The summed E-state index contributed by atoms with van der Waals surface area (Å²) in [7, 11) is 0. The van der Waals surface area contributed by atoms with Crippen LogP contribution >= 0.6 is 0 Å². The SMILES string of the molecule is C[C@@H](CCCO)CCc1ccccc1. The van der Waals surface area contributed by atoms with Crippen molar-refractivity contribution in [3.63, 3.8) is 0 Å². The van der Waals surface area contributed by atoms with Crippen LogP contribution in [0.3, 0.4) is 0 Å². The minimum atomic E-state index is 0.329. The first-order chi connectivity index (χ1) is 6.83. The van der Waals surface area contributed by atoms with Crippen LogP contribution in [-0.2, 0) is 6.42 Å². The molecule has 0 saturated carbocycles. The maximum atomic E-state index is 8.70. The molecule has 0 bridgehead atoms. The Hall–Kier alpha value is -0.820. The molecule has 0 aromatic heterocycles. The summed E-state index contributed by atoms with van der Waals surface area (Å²) in [6, 6.07) is 10.6. The quantitative estimate of drug-likeness (QED) is 0.734. The normalized spacial score (nSPS) is 12.7. The van der Waals surface area contributed by atoms with Gasteiger partial charge in [-0.3, -0.25) is 0 Å². The molecule has 0 radical (unpaired) electrons. The van der Waals surface area contributed by atoms with Gasteiger partial charge < -0.3 is 5.11 Å². The molecule has 1 rings (SSSR count). The standard InChI is InChI=1S/C13H20O/c1-12(6-5-11-14)9-10-13-7-3-2-4-8-13/h2-4,7-8,12,14H,5-6,9-11H2,1H3/t12-/m0/s1. The highest BCUT2D eigenvalue weighted by atomic mass is 16.2. The van der Waals surface area contributed by atoms with Crippen molar-refractivity contribution >= 4 is 0 Å². The molecule has 0 amide bonds. The van der Waals surface area contributed by atoms with Gasteiger partial charge in [0.15, 0.2) is 0 Å². The smallest absolute Gasteiger partial charge is 0.0431 e. The third-order valence-electron chi connectivity index (χ3n) is 2.62. The second kappa shape index (κ2) is 6.61. The average molecular weight is 192 g/mol. The topological polar surface area (TPSA) is 20.2 Å². The number of hydrogen-bond donors (Lipinski definition) is 1. The van der Waals surface area contributed by atoms with Crippen LogP contribution in [0.4, 0.5) is 0 Å². The van der Waals surface area contributed by atoms with Crippen molar-refractivity contribution in [2.45, 2.75) is 32.6 Å². The summed E-state index contributed by atoms with van der Waals surface area (Å²) >= 11 is 0. The summed E-state index contributed by atoms with van der Waals surface area (Å²) in [6.07, 6.45) is 4.47. The average Bonchev–Trinajstić information content (AvgIpc) is 2.25. The van der Waals surface area contributed by atoms with E-state index in [0.29, 0.717) is 6.61 Å². The van der Waals surface area contributed by atoms with Crippen LogP contribution in [-0.4, -0.2) is 11.7 Å². The Morgan fingerprint density at radius 1 is 1.14 bits per heavy atom. The fourth-order valence-corrected chi connectivity index (χ4v) is 1.64. The predicted octanol–water partition coefficient (Wildman–Crippen LogP) is 3.03. The van der Waals surface area contributed by atoms with Gasteiger partial charge in [-0.05, 0) is 37.2 Å². The summed E-state index contributed by atoms with van der Waals surface area (Å²) in [4.78, 5) is 0. The Bertz CT molecular complexity index is 230. The summed E-state index contributed by atoms with van der Waals surface area (Å²) in [6.45, 7) is 2.59. The molecule has 1 aromatic carbocycles. The molecule has 1 atom stereocenters. The molecular formula is C13H20O. The molecule has 1 N–H and O–H groups in total. The fraction of sp³-hybridized carbons (Fsp3) is 0.538. The van der Waals surface area contributed by atoms with Gasteiger partial charge in [0.2, 0.25) is 0 Å². The molecule has 78 valence electrons. The fourth-order valence-electron chi connectivity index (χ4n) is 1.64. The summed E-state index contributed by atoms with van der Waals surface area (Å²) in [5.41, 5.74) is 1.42. The van der Waals surface area contributed by atoms with Gasteiger partial charge in [0.05, 0.1) is 0 Å². The van der Waals surface area contributed by atoms with E-state index in [1.807, 2.05) is 0 Å². The lowest BCUT2D eigenvalue weighted by molar-refractivity contribution is 0.272. The number of hydrogen-bond acceptors (Lipinski definition) is 1. The van der Waals surface area contributed by atoms with Gasteiger partial charge in [-0.2, -0.15) is 0 Å². The minimum absolute atomic E-state index is 0.329. The zero-order valence-electron chi connectivity index (χ0n) is 8.95. The summed E-state index contributed by atoms with van der Waals surface area (Å²) in [5, 5.41) is 8.70. The minimum Gasteiger partial charge on any atom is -0.396 e. The first-order valence-electron chi connectivity index (χ1n) is 5.47. The Morgan fingerprint density at radius 3 is 2.50 bits per heavy atom. The molecule has 1 nitrogen and oxygen atoms in total. The number of rotatable bonds is 6. The summed E-state index contributed by atoms with van der Waals surface area (Å²) in [5.74, 6) is 0.724. The van der Waals surface area contributed by atoms with Crippen molar-refractivity contribution in [1.82, 2.24) is 0 Å². The molecule has 14 heavy (non-hydrogen) atoms. The van der Waals surface area contributed by atoms with E-state index < -0.39 is 0 Å². The highest BCUT2D eigenvalue weighted by Crippen LogP contribution is 2.13. The van der Waals surface area contributed by atoms with Crippen LogP contribution in [0.25, 0.3) is 0 Å². The molecule has 0 unspecified atom stereocenters. The van der Waals surface area contributed by atoms with E-state index in [0.717, 1.165) is 25.2 Å². The van der Waals surface area contributed by atoms with Gasteiger partial charge in [-0.1, -0.05) is 37.3 Å². The van der Waals surface area contributed by atoms with Crippen LogP contribution in [0.1, 0.15) is 31.7 Å². The van der Waals surface area contributed by atoms with Crippen LogP contribution in [0.15, 0.2) is 30.3 Å². The lowest BCUT2D eigenvalue weighted by atomic mass is 9.97. The Morgan fingerprint density at radius 2 is 1.86 bits per heavy atom. The van der Waals surface area contributed by atoms with Crippen LogP contribution in [0, 0.1) is 5.92 Å². The van der Waals surface area contributed by atoms with Crippen molar-refractivity contribution < 1.29 is 5.11 Å². The molecule has 0 fully saturated rings.